The largest absolute Gasteiger partial charge is 0.336 e. The molecule has 170 valence electrons. The number of piperazine rings is 1. The first kappa shape index (κ1) is 21.5. The number of carbonyl (C=O) groups is 1. The molecule has 10 heteroatoms. The smallest absolute Gasteiger partial charge is 0.254 e. The molecule has 3 aromatic rings. The number of aryl methyl sites for hydroxylation is 1. The maximum absolute atomic E-state index is 13.5. The summed E-state index contributed by atoms with van der Waals surface area (Å²) in [5.41, 5.74) is 2.33. The van der Waals surface area contributed by atoms with Gasteiger partial charge in [-0.3, -0.25) is 4.79 Å². The maximum Gasteiger partial charge on any atom is 0.254 e. The second-order valence-corrected chi connectivity index (χ2v) is 12.3. The fourth-order valence-corrected chi connectivity index (χ4v) is 7.02. The Hall–Kier alpha value is -2.30. The molecule has 0 aromatic carbocycles. The van der Waals surface area contributed by atoms with Gasteiger partial charge >= 0.3 is 0 Å². The first-order chi connectivity index (χ1) is 15.3. The third-order valence-electron chi connectivity index (χ3n) is 6.14. The van der Waals surface area contributed by atoms with E-state index in [2.05, 4.69) is 5.10 Å². The van der Waals surface area contributed by atoms with E-state index in [1.165, 1.54) is 15.6 Å². The first-order valence-corrected chi connectivity index (χ1v) is 13.3. The molecule has 4 heterocycles. The van der Waals surface area contributed by atoms with Crippen LogP contribution in [0.2, 0.25) is 0 Å². The zero-order valence-electron chi connectivity index (χ0n) is 18.5. The van der Waals surface area contributed by atoms with Crippen LogP contribution in [0.25, 0.3) is 11.0 Å². The summed E-state index contributed by atoms with van der Waals surface area (Å²) in [5, 5.41) is 5.24. The number of rotatable bonds is 5. The molecule has 2 aliphatic rings. The monoisotopic (exact) mass is 473 g/mol. The third kappa shape index (κ3) is 3.74. The fraction of sp³-hybridized carbons (Fsp3) is 0.500. The highest BCUT2D eigenvalue weighted by Gasteiger charge is 2.33. The molecule has 1 saturated carbocycles. The lowest BCUT2D eigenvalue weighted by Gasteiger charge is -2.33. The molecule has 5 rings (SSSR count). The zero-order valence-corrected chi connectivity index (χ0v) is 20.1. The molecular weight excluding hydrogens is 446 g/mol. The maximum atomic E-state index is 13.5. The van der Waals surface area contributed by atoms with Crippen molar-refractivity contribution in [2.45, 2.75) is 49.8 Å². The van der Waals surface area contributed by atoms with E-state index < -0.39 is 10.0 Å². The normalized spacial score (nSPS) is 18.1. The molecule has 0 N–H and O–H groups in total. The number of hydrogen-bond acceptors (Lipinski definition) is 6. The van der Waals surface area contributed by atoms with E-state index in [0.717, 1.165) is 34.4 Å². The molecule has 2 fully saturated rings. The van der Waals surface area contributed by atoms with E-state index in [4.69, 9.17) is 4.98 Å². The van der Waals surface area contributed by atoms with Gasteiger partial charge in [0.15, 0.2) is 5.65 Å². The quantitative estimate of drug-likeness (QED) is 0.567. The number of carbonyl (C=O) groups excluding carboxylic acids is 1. The van der Waals surface area contributed by atoms with Crippen LogP contribution in [-0.4, -0.2) is 64.5 Å². The Kier molecular flexibility index (Phi) is 5.34. The van der Waals surface area contributed by atoms with E-state index >= 15 is 0 Å². The standard InChI is InChI=1S/C22H27N5O3S2/c1-14(2)27-21-18(13-23-27)17(12-19(24-21)16-5-6-16)22(28)25-8-10-26(11-9-25)32(29,30)20-7-4-15(3)31-20/h4,7,12-14,16H,5-6,8-11H2,1-3H3. The van der Waals surface area contributed by atoms with Gasteiger partial charge in [-0.05, 0) is 51.8 Å². The van der Waals surface area contributed by atoms with E-state index in [1.807, 2.05) is 37.6 Å². The van der Waals surface area contributed by atoms with Gasteiger partial charge in [-0.1, -0.05) is 0 Å². The van der Waals surface area contributed by atoms with Crippen LogP contribution in [0.15, 0.2) is 28.6 Å². The number of aromatic nitrogens is 3. The molecule has 1 saturated heterocycles. The summed E-state index contributed by atoms with van der Waals surface area (Å²) in [6.45, 7) is 7.31. The highest BCUT2D eigenvalue weighted by Crippen LogP contribution is 2.40. The van der Waals surface area contributed by atoms with Gasteiger partial charge in [-0.25, -0.2) is 18.1 Å². The lowest BCUT2D eigenvalue weighted by molar-refractivity contribution is 0.0700. The molecule has 1 aliphatic heterocycles. The van der Waals surface area contributed by atoms with Crippen LogP contribution in [0, 0.1) is 6.92 Å². The van der Waals surface area contributed by atoms with Crippen LogP contribution in [0.3, 0.4) is 0 Å². The number of thiophene rings is 1. The highest BCUT2D eigenvalue weighted by molar-refractivity contribution is 7.91. The highest BCUT2D eigenvalue weighted by atomic mass is 32.2. The minimum Gasteiger partial charge on any atom is -0.336 e. The Morgan fingerprint density at radius 2 is 1.88 bits per heavy atom. The number of hydrogen-bond donors (Lipinski definition) is 0. The number of sulfonamides is 1. The minimum absolute atomic E-state index is 0.0772. The molecule has 1 amide bonds. The Morgan fingerprint density at radius 1 is 1.16 bits per heavy atom. The molecule has 8 nitrogen and oxygen atoms in total. The molecule has 32 heavy (non-hydrogen) atoms. The summed E-state index contributed by atoms with van der Waals surface area (Å²) in [4.78, 5) is 21.1. The van der Waals surface area contributed by atoms with Crippen molar-refractivity contribution in [2.24, 2.45) is 0 Å². The minimum atomic E-state index is -3.51. The van der Waals surface area contributed by atoms with Gasteiger partial charge < -0.3 is 4.90 Å². The van der Waals surface area contributed by atoms with Crippen molar-refractivity contribution in [1.82, 2.24) is 24.0 Å². The summed E-state index contributed by atoms with van der Waals surface area (Å²) in [6.07, 6.45) is 3.92. The lowest BCUT2D eigenvalue weighted by atomic mass is 10.1. The van der Waals surface area contributed by atoms with Crippen LogP contribution in [0.5, 0.6) is 0 Å². The molecular formula is C22H27N5O3S2. The van der Waals surface area contributed by atoms with Crippen molar-refractivity contribution < 1.29 is 13.2 Å². The van der Waals surface area contributed by atoms with E-state index in [-0.39, 0.29) is 11.9 Å². The van der Waals surface area contributed by atoms with E-state index in [1.54, 1.807) is 17.2 Å². The van der Waals surface area contributed by atoms with Gasteiger partial charge in [-0.2, -0.15) is 9.40 Å². The van der Waals surface area contributed by atoms with E-state index in [0.29, 0.717) is 41.9 Å². The SMILES string of the molecule is Cc1ccc(S(=O)(=O)N2CCN(C(=O)c3cc(C4CC4)nc4c3cnn4C(C)C)CC2)s1. The van der Waals surface area contributed by atoms with Gasteiger partial charge in [-0.15, -0.1) is 11.3 Å². The van der Waals surface area contributed by atoms with Crippen LogP contribution < -0.4 is 0 Å². The second-order valence-electron chi connectivity index (χ2n) is 8.85. The summed E-state index contributed by atoms with van der Waals surface area (Å²) in [6, 6.07) is 5.55. The lowest BCUT2D eigenvalue weighted by Crippen LogP contribution is -2.50. The van der Waals surface area contributed by atoms with Crippen molar-refractivity contribution >= 4 is 38.3 Å². The van der Waals surface area contributed by atoms with Crippen molar-refractivity contribution in [1.29, 1.82) is 0 Å². The van der Waals surface area contributed by atoms with E-state index in [9.17, 15) is 13.2 Å². The zero-order chi connectivity index (χ0) is 22.6. The van der Waals surface area contributed by atoms with Gasteiger partial charge in [0.05, 0.1) is 17.1 Å². The summed E-state index contributed by atoms with van der Waals surface area (Å²) < 4.78 is 29.6. The Balaban J connectivity index is 1.40. The molecule has 0 spiro atoms. The van der Waals surface area contributed by atoms with Gasteiger partial charge in [0.1, 0.15) is 4.21 Å². The van der Waals surface area contributed by atoms with Crippen molar-refractivity contribution in [2.75, 3.05) is 26.2 Å². The third-order valence-corrected chi connectivity index (χ3v) is 9.50. The predicted octanol–water partition coefficient (Wildman–Crippen LogP) is 3.41. The van der Waals surface area contributed by atoms with Crippen molar-refractivity contribution in [3.63, 3.8) is 0 Å². The topological polar surface area (TPSA) is 88.4 Å². The number of pyridine rings is 1. The van der Waals surface area contributed by atoms with Gasteiger partial charge in [0, 0.05) is 48.7 Å². The summed E-state index contributed by atoms with van der Waals surface area (Å²) in [7, 11) is -3.51. The molecule has 0 radical (unpaired) electrons. The average Bonchev–Trinajstić information content (AvgIpc) is 3.38. The molecule has 3 aromatic heterocycles. The Morgan fingerprint density at radius 3 is 2.47 bits per heavy atom. The van der Waals surface area contributed by atoms with Crippen molar-refractivity contribution in [3.05, 3.63) is 40.5 Å². The second kappa shape index (κ2) is 7.93. The van der Waals surface area contributed by atoms with Crippen molar-refractivity contribution in [3.8, 4) is 0 Å². The van der Waals surface area contributed by atoms with Gasteiger partial charge in [0.25, 0.3) is 15.9 Å². The number of nitrogens with zero attached hydrogens (tertiary/aromatic N) is 5. The molecule has 0 atom stereocenters. The Bertz CT molecular complexity index is 1280. The van der Waals surface area contributed by atoms with Crippen LogP contribution in [0.1, 0.15) is 59.6 Å². The number of fused-ring (bicyclic) bond motifs is 1. The fourth-order valence-electron chi connectivity index (χ4n) is 4.16. The molecule has 0 unspecified atom stereocenters. The number of amides is 1. The molecule has 1 aliphatic carbocycles. The average molecular weight is 474 g/mol. The first-order valence-electron chi connectivity index (χ1n) is 11.0. The predicted molar refractivity (Wildman–Crippen MR) is 124 cm³/mol. The summed E-state index contributed by atoms with van der Waals surface area (Å²) in [5.74, 6) is 0.337. The Labute approximate surface area is 191 Å². The summed E-state index contributed by atoms with van der Waals surface area (Å²) >= 11 is 1.28. The molecule has 0 bridgehead atoms. The van der Waals surface area contributed by atoms with Crippen LogP contribution in [-0.2, 0) is 10.0 Å². The van der Waals surface area contributed by atoms with Gasteiger partial charge in [0.2, 0.25) is 0 Å². The van der Waals surface area contributed by atoms with Crippen LogP contribution in [0.4, 0.5) is 0 Å². The van der Waals surface area contributed by atoms with Crippen LogP contribution >= 0.6 is 11.3 Å².